The molecule has 2 aromatic carbocycles. The summed E-state index contributed by atoms with van der Waals surface area (Å²) < 4.78 is 13.1. The van der Waals surface area contributed by atoms with E-state index >= 15 is 0 Å². The van der Waals surface area contributed by atoms with Gasteiger partial charge in [-0.1, -0.05) is 75.3 Å². The Hall–Kier alpha value is -6.12. The molecule has 2 bridgehead atoms. The molecule has 15 heteroatoms. The van der Waals surface area contributed by atoms with Gasteiger partial charge in [-0.25, -0.2) is 14.6 Å². The van der Waals surface area contributed by atoms with Gasteiger partial charge in [0.05, 0.1) is 28.7 Å². The largest absolute Gasteiger partial charge is 0.491 e. The first kappa shape index (κ1) is 40.5. The second-order valence-corrected chi connectivity index (χ2v) is 15.5. The summed E-state index contributed by atoms with van der Waals surface area (Å²) in [6, 6.07) is 15.1. The zero-order valence-electron chi connectivity index (χ0n) is 33.5. The SMILES string of the molecule is Cc1cc(C(=O)N[C@@H]2Cc3ccc(cc3)OC[C@H](CC(C)C)NC(=O)Cn3nc(C)nc3[C@H](C(C)C)NC(=O)[C@H](Cc3ccccc3)NC2=O)c2c(C)noc2n1. The molecular formula is C42H51N9O6. The number of benzene rings is 2. The molecule has 4 N–H and O–H groups in total. The van der Waals surface area contributed by atoms with E-state index < -0.39 is 35.8 Å². The first-order valence-electron chi connectivity index (χ1n) is 19.4. The third-order valence-corrected chi connectivity index (χ3v) is 9.80. The molecule has 2 aliphatic rings. The molecule has 0 fully saturated rings. The van der Waals surface area contributed by atoms with Gasteiger partial charge in [0.25, 0.3) is 11.6 Å². The van der Waals surface area contributed by atoms with Crippen molar-refractivity contribution in [1.29, 1.82) is 0 Å². The highest BCUT2D eigenvalue weighted by Crippen LogP contribution is 2.24. The molecule has 0 saturated carbocycles. The van der Waals surface area contributed by atoms with Gasteiger partial charge in [0.15, 0.2) is 5.82 Å². The number of nitrogens with one attached hydrogen (secondary N) is 4. The Bertz CT molecular complexity index is 2210. The molecule has 4 atom stereocenters. The van der Waals surface area contributed by atoms with Gasteiger partial charge in [0, 0.05) is 18.5 Å². The molecule has 7 rings (SSSR count). The summed E-state index contributed by atoms with van der Waals surface area (Å²) in [5.41, 5.74) is 3.06. The van der Waals surface area contributed by atoms with E-state index in [0.29, 0.717) is 40.6 Å². The number of pyridine rings is 1. The van der Waals surface area contributed by atoms with Crippen LogP contribution in [0.4, 0.5) is 0 Å². The summed E-state index contributed by atoms with van der Waals surface area (Å²) in [5, 5.41) is 21.1. The van der Waals surface area contributed by atoms with Crippen LogP contribution in [0.15, 0.2) is 65.2 Å². The van der Waals surface area contributed by atoms with Crippen LogP contribution >= 0.6 is 0 Å². The lowest BCUT2D eigenvalue weighted by atomic mass is 9.99. The number of hydrogen-bond acceptors (Lipinski definition) is 10. The maximum Gasteiger partial charge on any atom is 0.258 e. The van der Waals surface area contributed by atoms with Gasteiger partial charge in [-0.15, -0.1) is 0 Å². The Morgan fingerprint density at radius 2 is 1.67 bits per heavy atom. The number of carbonyl (C=O) groups is 4. The van der Waals surface area contributed by atoms with Crippen LogP contribution in [0.3, 0.4) is 0 Å². The fourth-order valence-corrected chi connectivity index (χ4v) is 7.08. The van der Waals surface area contributed by atoms with Crippen molar-refractivity contribution in [2.24, 2.45) is 11.8 Å². The molecular weight excluding hydrogens is 727 g/mol. The third kappa shape index (κ3) is 10.2. The molecule has 5 heterocycles. The highest BCUT2D eigenvalue weighted by molar-refractivity contribution is 6.07. The Morgan fingerprint density at radius 1 is 0.930 bits per heavy atom. The average Bonchev–Trinajstić information content (AvgIpc) is 3.72. The topological polar surface area (TPSA) is 195 Å². The van der Waals surface area contributed by atoms with Gasteiger partial charge in [0.1, 0.15) is 36.8 Å². The van der Waals surface area contributed by atoms with Crippen molar-refractivity contribution in [2.75, 3.05) is 6.61 Å². The van der Waals surface area contributed by atoms with E-state index in [1.54, 1.807) is 39.0 Å². The van der Waals surface area contributed by atoms with Crippen LogP contribution in [-0.2, 0) is 33.8 Å². The Balaban J connectivity index is 1.39. The van der Waals surface area contributed by atoms with E-state index in [2.05, 4.69) is 55.3 Å². The van der Waals surface area contributed by atoms with E-state index in [-0.39, 0.29) is 61.1 Å². The Kier molecular flexibility index (Phi) is 12.6. The Morgan fingerprint density at radius 3 is 2.37 bits per heavy atom. The minimum atomic E-state index is -1.11. The number of amides is 4. The number of hydrogen-bond donors (Lipinski definition) is 4. The van der Waals surface area contributed by atoms with E-state index in [9.17, 15) is 19.2 Å². The monoisotopic (exact) mass is 777 g/mol. The number of carbonyl (C=O) groups excluding carboxylic acids is 4. The molecule has 3 aromatic heterocycles. The van der Waals surface area contributed by atoms with Gasteiger partial charge in [0.2, 0.25) is 17.7 Å². The molecule has 0 spiro atoms. The van der Waals surface area contributed by atoms with Crippen molar-refractivity contribution in [3.05, 3.63) is 100 Å². The summed E-state index contributed by atoms with van der Waals surface area (Å²) >= 11 is 0. The van der Waals surface area contributed by atoms with Gasteiger partial charge in [-0.2, -0.15) is 5.10 Å². The third-order valence-electron chi connectivity index (χ3n) is 9.80. The number of nitrogens with zero attached hydrogens (tertiary/aromatic N) is 5. The molecule has 0 unspecified atom stereocenters. The standard InChI is InChI=1S/C42H51N9O6/c1-23(2)17-30-22-56-31-15-13-29(14-16-31)20-33(46-39(53)32-18-25(5)43-42-36(32)26(6)50-57-42)40(54)47-34(19-28-11-9-8-10-12-28)41(55)48-37(24(3)4)38-44-27(7)49-51(38)21-35(52)45-30/h8-16,18,23-24,30,33-34,37H,17,19-22H2,1-7H3,(H,45,52)(H,46,53)(H,47,54)(H,48,55)/t30-,33+,34-,37-/m0/s1. The highest BCUT2D eigenvalue weighted by atomic mass is 16.5. The lowest BCUT2D eigenvalue weighted by molar-refractivity contribution is -0.130. The van der Waals surface area contributed by atoms with E-state index in [1.165, 1.54) is 4.68 Å². The second-order valence-electron chi connectivity index (χ2n) is 15.5. The average molecular weight is 778 g/mol. The second kappa shape index (κ2) is 17.8. The zero-order chi connectivity index (χ0) is 40.8. The predicted molar refractivity (Wildman–Crippen MR) is 212 cm³/mol. The van der Waals surface area contributed by atoms with Crippen LogP contribution in [0.1, 0.15) is 84.7 Å². The fraction of sp³-hybridized carbons (Fsp3) is 0.429. The highest BCUT2D eigenvalue weighted by Gasteiger charge is 2.33. The first-order valence-corrected chi connectivity index (χ1v) is 19.4. The lowest BCUT2D eigenvalue weighted by Crippen LogP contribution is -2.55. The van der Waals surface area contributed by atoms with Crippen LogP contribution in [-0.4, -0.2) is 73.3 Å². The Labute approximate surface area is 331 Å². The fourth-order valence-electron chi connectivity index (χ4n) is 7.08. The van der Waals surface area contributed by atoms with Crippen molar-refractivity contribution in [1.82, 2.24) is 46.2 Å². The smallest absolute Gasteiger partial charge is 0.258 e. The lowest BCUT2D eigenvalue weighted by Gasteiger charge is -2.27. The number of ether oxygens (including phenoxy) is 1. The maximum atomic E-state index is 14.5. The van der Waals surface area contributed by atoms with E-state index in [4.69, 9.17) is 9.26 Å². The van der Waals surface area contributed by atoms with E-state index in [0.717, 1.165) is 11.1 Å². The van der Waals surface area contributed by atoms with Crippen LogP contribution in [0.25, 0.3) is 11.1 Å². The molecule has 57 heavy (non-hydrogen) atoms. The summed E-state index contributed by atoms with van der Waals surface area (Å²) in [7, 11) is 0. The van der Waals surface area contributed by atoms with Crippen molar-refractivity contribution in [2.45, 2.75) is 98.4 Å². The minimum absolute atomic E-state index is 0.0936. The van der Waals surface area contributed by atoms with Crippen molar-refractivity contribution in [3.8, 4) is 5.75 Å². The number of aryl methyl sites for hydroxylation is 3. The molecule has 2 aliphatic heterocycles. The normalized spacial score (nSPS) is 19.8. The van der Waals surface area contributed by atoms with E-state index in [1.807, 2.05) is 56.3 Å². The molecule has 4 amide bonds. The van der Waals surface area contributed by atoms with Crippen molar-refractivity contribution in [3.63, 3.8) is 0 Å². The molecule has 0 radical (unpaired) electrons. The number of aromatic nitrogens is 5. The van der Waals surface area contributed by atoms with Crippen LogP contribution in [0.2, 0.25) is 0 Å². The summed E-state index contributed by atoms with van der Waals surface area (Å²) in [6.07, 6.45) is 0.927. The van der Waals surface area contributed by atoms with Crippen LogP contribution in [0.5, 0.6) is 5.75 Å². The molecule has 5 aromatic rings. The van der Waals surface area contributed by atoms with Crippen molar-refractivity contribution < 1.29 is 28.4 Å². The van der Waals surface area contributed by atoms with Gasteiger partial charge < -0.3 is 30.5 Å². The quantitative estimate of drug-likeness (QED) is 0.186. The molecule has 300 valence electrons. The molecule has 0 saturated heterocycles. The van der Waals surface area contributed by atoms with Crippen molar-refractivity contribution >= 4 is 34.7 Å². The summed E-state index contributed by atoms with van der Waals surface area (Å²) in [6.45, 7) is 13.3. The minimum Gasteiger partial charge on any atom is -0.491 e. The zero-order valence-corrected chi connectivity index (χ0v) is 33.5. The molecule has 15 nitrogen and oxygen atoms in total. The van der Waals surface area contributed by atoms with Gasteiger partial charge >= 0.3 is 0 Å². The first-order chi connectivity index (χ1) is 27.2. The number of rotatable bonds is 7. The number of fused-ring (bicyclic) bond motifs is 15. The van der Waals surface area contributed by atoms with Gasteiger partial charge in [-0.05, 0) is 68.4 Å². The maximum absolute atomic E-state index is 14.5. The molecule has 0 aliphatic carbocycles. The summed E-state index contributed by atoms with van der Waals surface area (Å²) in [5.74, 6) is -0.290. The van der Waals surface area contributed by atoms with Gasteiger partial charge in [-0.3, -0.25) is 19.2 Å². The van der Waals surface area contributed by atoms with Crippen LogP contribution in [0, 0.1) is 32.6 Å². The summed E-state index contributed by atoms with van der Waals surface area (Å²) in [4.78, 5) is 65.6. The van der Waals surface area contributed by atoms with Crippen LogP contribution < -0.4 is 26.0 Å². The predicted octanol–water partition coefficient (Wildman–Crippen LogP) is 4.24.